The van der Waals surface area contributed by atoms with Gasteiger partial charge in [0.15, 0.2) is 0 Å². The second-order valence-electron chi connectivity index (χ2n) is 5.16. The van der Waals surface area contributed by atoms with E-state index in [9.17, 15) is 0 Å². The van der Waals surface area contributed by atoms with Crippen LogP contribution in [0.25, 0.3) is 4.85 Å². The van der Waals surface area contributed by atoms with E-state index in [0.29, 0.717) is 12.0 Å². The van der Waals surface area contributed by atoms with E-state index in [-0.39, 0.29) is 5.41 Å². The van der Waals surface area contributed by atoms with Crippen molar-refractivity contribution in [3.8, 4) is 0 Å². The van der Waals surface area contributed by atoms with Crippen LogP contribution in [0.3, 0.4) is 0 Å². The van der Waals surface area contributed by atoms with Gasteiger partial charge in [0.25, 0.3) is 0 Å². The van der Waals surface area contributed by atoms with Gasteiger partial charge in [-0.25, -0.2) is 6.57 Å². The Morgan fingerprint density at radius 2 is 2.00 bits per heavy atom. The lowest BCUT2D eigenvalue weighted by atomic mass is 9.64. The molecule has 1 radical (unpaired) electrons. The quantitative estimate of drug-likeness (QED) is 0.524. The summed E-state index contributed by atoms with van der Waals surface area (Å²) in [5.74, 6) is 0. The van der Waals surface area contributed by atoms with E-state index >= 15 is 0 Å². The minimum Gasteiger partial charge on any atom is -0.316 e. The molecule has 0 aromatic rings. The van der Waals surface area contributed by atoms with Crippen molar-refractivity contribution >= 4 is 0 Å². The molecule has 0 aromatic heterocycles. The fraction of sp³-hybridized carbons (Fsp3) is 0.818. The molecular weight excluding hydrogens is 146 g/mol. The normalized spacial score (nSPS) is 34.2. The van der Waals surface area contributed by atoms with Crippen molar-refractivity contribution in [2.45, 2.75) is 40.0 Å². The third-order valence-electron chi connectivity index (χ3n) is 2.70. The number of nitrogens with zero attached hydrogens (tertiary/aromatic N) is 1. The van der Waals surface area contributed by atoms with E-state index in [2.05, 4.69) is 32.0 Å². The van der Waals surface area contributed by atoms with E-state index in [0.717, 1.165) is 6.42 Å². The second kappa shape index (κ2) is 3.09. The molecule has 0 aromatic carbocycles. The van der Waals surface area contributed by atoms with Gasteiger partial charge in [-0.2, -0.15) is 0 Å². The smallest absolute Gasteiger partial charge is 0.219 e. The average Bonchev–Trinajstić information content (AvgIpc) is 1.83. The maximum Gasteiger partial charge on any atom is 0.219 e. The lowest BCUT2D eigenvalue weighted by Gasteiger charge is -2.39. The van der Waals surface area contributed by atoms with Gasteiger partial charge in [-0.3, -0.25) is 0 Å². The Bertz CT molecular complexity index is 200. The molecule has 1 aliphatic carbocycles. The summed E-state index contributed by atoms with van der Waals surface area (Å²) < 4.78 is 0. The molecular formula is C11H18N. The Morgan fingerprint density at radius 3 is 2.50 bits per heavy atom. The van der Waals surface area contributed by atoms with Gasteiger partial charge in [0.2, 0.25) is 6.54 Å². The van der Waals surface area contributed by atoms with Gasteiger partial charge < -0.3 is 4.85 Å². The molecule has 1 nitrogen and oxygen atoms in total. The molecule has 1 unspecified atom stereocenters. The van der Waals surface area contributed by atoms with Crippen molar-refractivity contribution in [2.24, 2.45) is 10.8 Å². The lowest BCUT2D eigenvalue weighted by Crippen LogP contribution is -2.32. The molecule has 0 N–H and O–H groups in total. The average molecular weight is 164 g/mol. The monoisotopic (exact) mass is 164 g/mol. The van der Waals surface area contributed by atoms with Crippen molar-refractivity contribution < 1.29 is 0 Å². The number of hydrogen-bond acceptors (Lipinski definition) is 0. The van der Waals surface area contributed by atoms with Gasteiger partial charge in [-0.05, 0) is 31.1 Å². The molecule has 12 heavy (non-hydrogen) atoms. The van der Waals surface area contributed by atoms with Crippen LogP contribution in [0.15, 0.2) is 0 Å². The molecule has 1 saturated carbocycles. The summed E-state index contributed by atoms with van der Waals surface area (Å²) in [7, 11) is 0. The Kier molecular flexibility index (Phi) is 2.46. The first-order chi connectivity index (χ1) is 5.47. The lowest BCUT2D eigenvalue weighted by molar-refractivity contribution is 0.147. The SMILES string of the molecule is [C-]#[N+]CC1(C)C[CH]CC(C)(C)C1. The zero-order chi connectivity index (χ0) is 9.24. The molecule has 0 heterocycles. The van der Waals surface area contributed by atoms with E-state index < -0.39 is 0 Å². The minimum absolute atomic E-state index is 0.253. The summed E-state index contributed by atoms with van der Waals surface area (Å²) >= 11 is 0. The highest BCUT2D eigenvalue weighted by atomic mass is 14.7. The Balaban J connectivity index is 2.62. The fourth-order valence-corrected chi connectivity index (χ4v) is 2.42. The first kappa shape index (κ1) is 9.58. The molecule has 1 atom stereocenters. The first-order valence-corrected chi connectivity index (χ1v) is 4.62. The summed E-state index contributed by atoms with van der Waals surface area (Å²) in [4.78, 5) is 3.53. The highest BCUT2D eigenvalue weighted by molar-refractivity contribution is 4.97. The van der Waals surface area contributed by atoms with Crippen LogP contribution in [0.1, 0.15) is 40.0 Å². The third kappa shape index (κ3) is 2.24. The van der Waals surface area contributed by atoms with Crippen molar-refractivity contribution in [1.29, 1.82) is 0 Å². The third-order valence-corrected chi connectivity index (χ3v) is 2.70. The zero-order valence-electron chi connectivity index (χ0n) is 8.35. The van der Waals surface area contributed by atoms with Crippen LogP contribution in [0.5, 0.6) is 0 Å². The highest BCUT2D eigenvalue weighted by Crippen LogP contribution is 2.45. The van der Waals surface area contributed by atoms with Gasteiger partial charge >= 0.3 is 0 Å². The van der Waals surface area contributed by atoms with E-state index in [1.54, 1.807) is 0 Å². The summed E-state index contributed by atoms with van der Waals surface area (Å²) in [5.41, 5.74) is 0.668. The maximum absolute atomic E-state index is 6.90. The van der Waals surface area contributed by atoms with Crippen LogP contribution in [0, 0.1) is 23.8 Å². The second-order valence-corrected chi connectivity index (χ2v) is 5.16. The summed E-state index contributed by atoms with van der Waals surface area (Å²) in [6, 6.07) is 0. The molecule has 1 aliphatic rings. The summed E-state index contributed by atoms with van der Waals surface area (Å²) in [6.07, 6.45) is 5.88. The number of hydrogen-bond donors (Lipinski definition) is 0. The minimum atomic E-state index is 0.253. The fourth-order valence-electron chi connectivity index (χ4n) is 2.42. The predicted molar refractivity (Wildman–Crippen MR) is 51.5 cm³/mol. The van der Waals surface area contributed by atoms with Gasteiger partial charge in [-0.1, -0.05) is 20.8 Å². The molecule has 1 heteroatoms. The van der Waals surface area contributed by atoms with E-state index in [4.69, 9.17) is 6.57 Å². The Labute approximate surface area is 76.0 Å². The summed E-state index contributed by atoms with van der Waals surface area (Å²) in [6.45, 7) is 14.4. The van der Waals surface area contributed by atoms with Gasteiger partial charge in [0, 0.05) is 5.41 Å². The highest BCUT2D eigenvalue weighted by Gasteiger charge is 2.38. The standard InChI is InChI=1S/C11H18N/c1-10(2)6-5-7-11(3,8-10)9-12-4/h5H,6-9H2,1-3H3. The number of rotatable bonds is 1. The Hall–Kier alpha value is -0.510. The zero-order valence-corrected chi connectivity index (χ0v) is 8.35. The van der Waals surface area contributed by atoms with Crippen LogP contribution in [-0.2, 0) is 0 Å². The maximum atomic E-state index is 6.90. The van der Waals surface area contributed by atoms with Crippen molar-refractivity contribution in [3.63, 3.8) is 0 Å². The molecule has 0 spiro atoms. The van der Waals surface area contributed by atoms with Gasteiger partial charge in [0.1, 0.15) is 0 Å². The molecule has 0 amide bonds. The predicted octanol–water partition coefficient (Wildman–Crippen LogP) is 3.33. The van der Waals surface area contributed by atoms with Crippen LogP contribution in [0.2, 0.25) is 0 Å². The molecule has 0 aliphatic heterocycles. The molecule has 0 saturated heterocycles. The Morgan fingerprint density at radius 1 is 1.33 bits per heavy atom. The van der Waals surface area contributed by atoms with Crippen molar-refractivity contribution in [2.75, 3.05) is 6.54 Å². The van der Waals surface area contributed by atoms with Gasteiger partial charge in [0.05, 0.1) is 0 Å². The first-order valence-electron chi connectivity index (χ1n) is 4.62. The van der Waals surface area contributed by atoms with E-state index in [1.165, 1.54) is 12.8 Å². The summed E-state index contributed by atoms with van der Waals surface area (Å²) in [5, 5.41) is 0. The van der Waals surface area contributed by atoms with Crippen LogP contribution < -0.4 is 0 Å². The molecule has 1 rings (SSSR count). The van der Waals surface area contributed by atoms with Crippen LogP contribution in [0.4, 0.5) is 0 Å². The topological polar surface area (TPSA) is 4.36 Å². The molecule has 0 bridgehead atoms. The van der Waals surface area contributed by atoms with Crippen molar-refractivity contribution in [3.05, 3.63) is 17.8 Å². The van der Waals surface area contributed by atoms with Crippen LogP contribution >= 0.6 is 0 Å². The van der Waals surface area contributed by atoms with Gasteiger partial charge in [-0.15, -0.1) is 0 Å². The molecule has 67 valence electrons. The largest absolute Gasteiger partial charge is 0.316 e. The molecule has 1 fully saturated rings. The van der Waals surface area contributed by atoms with Crippen molar-refractivity contribution in [1.82, 2.24) is 0 Å². The van der Waals surface area contributed by atoms with E-state index in [1.807, 2.05) is 0 Å². The van der Waals surface area contributed by atoms with Crippen LogP contribution in [-0.4, -0.2) is 6.54 Å².